The number of unbranched alkanes of at least 4 members (excludes halogenated alkanes) is 1. The minimum Gasteiger partial charge on any atom is -0.377 e. The molecule has 0 radical (unpaired) electrons. The van der Waals surface area contributed by atoms with Crippen LogP contribution in [0.1, 0.15) is 33.1 Å². The normalized spacial score (nSPS) is 13.5. The molecule has 0 aromatic carbocycles. The lowest BCUT2D eigenvalue weighted by Gasteiger charge is -2.11. The van der Waals surface area contributed by atoms with Crippen LogP contribution in [0.4, 0.5) is 0 Å². The summed E-state index contributed by atoms with van der Waals surface area (Å²) in [4.78, 5) is 0. The molecule has 2 heteroatoms. The average molecular weight is 165 g/mol. The van der Waals surface area contributed by atoms with E-state index < -0.39 is 0 Å². The van der Waals surface area contributed by atoms with Crippen molar-refractivity contribution in [3.05, 3.63) is 0 Å². The van der Waals surface area contributed by atoms with Crippen LogP contribution in [-0.4, -0.2) is 18.6 Å². The van der Waals surface area contributed by atoms with E-state index in [4.69, 9.17) is 16.3 Å². The summed E-state index contributed by atoms with van der Waals surface area (Å²) >= 11 is 5.62. The molecular weight excluding hydrogens is 148 g/mol. The molecule has 0 heterocycles. The lowest BCUT2D eigenvalue weighted by Crippen LogP contribution is -2.13. The van der Waals surface area contributed by atoms with E-state index in [1.165, 1.54) is 6.42 Å². The second-order valence-corrected chi connectivity index (χ2v) is 2.72. The summed E-state index contributed by atoms with van der Waals surface area (Å²) in [5.74, 6) is 0.625. The Morgan fingerprint density at radius 3 is 2.50 bits per heavy atom. The first-order valence-corrected chi connectivity index (χ1v) is 4.56. The van der Waals surface area contributed by atoms with Gasteiger partial charge in [0.05, 0.1) is 6.10 Å². The summed E-state index contributed by atoms with van der Waals surface area (Å²) in [6.07, 6.45) is 3.63. The minimum atomic E-state index is 0.271. The third kappa shape index (κ3) is 5.07. The van der Waals surface area contributed by atoms with Crippen LogP contribution in [0.5, 0.6) is 0 Å². The van der Waals surface area contributed by atoms with Crippen LogP contribution < -0.4 is 0 Å². The highest BCUT2D eigenvalue weighted by atomic mass is 35.5. The van der Waals surface area contributed by atoms with E-state index in [1.54, 1.807) is 0 Å². The van der Waals surface area contributed by atoms with E-state index in [-0.39, 0.29) is 6.10 Å². The molecule has 0 aromatic heterocycles. The summed E-state index contributed by atoms with van der Waals surface area (Å²) in [5.41, 5.74) is 0. The number of hydrogen-bond donors (Lipinski definition) is 0. The number of rotatable bonds is 6. The van der Waals surface area contributed by atoms with Gasteiger partial charge in [0, 0.05) is 12.5 Å². The first-order valence-electron chi connectivity index (χ1n) is 4.02. The van der Waals surface area contributed by atoms with Gasteiger partial charge in [-0.3, -0.25) is 0 Å². The van der Waals surface area contributed by atoms with Crippen LogP contribution in [0.25, 0.3) is 0 Å². The Balaban J connectivity index is 3.09. The molecule has 0 N–H and O–H groups in total. The second kappa shape index (κ2) is 7.36. The van der Waals surface area contributed by atoms with Gasteiger partial charge in [0.25, 0.3) is 0 Å². The van der Waals surface area contributed by atoms with Crippen molar-refractivity contribution in [3.63, 3.8) is 0 Å². The molecule has 0 aliphatic rings. The van der Waals surface area contributed by atoms with Crippen LogP contribution in [0, 0.1) is 0 Å². The molecule has 0 saturated heterocycles. The molecule has 62 valence electrons. The zero-order valence-corrected chi connectivity index (χ0v) is 7.66. The van der Waals surface area contributed by atoms with Crippen molar-refractivity contribution in [1.82, 2.24) is 0 Å². The molecule has 10 heavy (non-hydrogen) atoms. The van der Waals surface area contributed by atoms with E-state index in [1.807, 2.05) is 0 Å². The van der Waals surface area contributed by atoms with Crippen LogP contribution in [0.3, 0.4) is 0 Å². The fourth-order valence-electron chi connectivity index (χ4n) is 0.666. The Morgan fingerprint density at radius 1 is 1.40 bits per heavy atom. The molecule has 1 atom stereocenters. The van der Waals surface area contributed by atoms with Crippen molar-refractivity contribution >= 4 is 11.6 Å². The molecule has 0 aliphatic heterocycles. The summed E-state index contributed by atoms with van der Waals surface area (Å²) in [6, 6.07) is 0. The molecule has 1 unspecified atom stereocenters. The average Bonchev–Trinajstić information content (AvgIpc) is 1.99. The molecule has 0 spiro atoms. The second-order valence-electron chi connectivity index (χ2n) is 2.41. The molecule has 0 saturated carbocycles. The van der Waals surface area contributed by atoms with Crippen molar-refractivity contribution in [2.75, 3.05) is 12.5 Å². The minimum absolute atomic E-state index is 0.271. The highest BCUT2D eigenvalue weighted by Gasteiger charge is 2.02. The maximum atomic E-state index is 5.62. The Bertz CT molecular complexity index is 62.3. The van der Waals surface area contributed by atoms with Gasteiger partial charge in [-0.2, -0.15) is 0 Å². The van der Waals surface area contributed by atoms with Gasteiger partial charge in [-0.05, 0) is 12.8 Å². The predicted octanol–water partition coefficient (Wildman–Crippen LogP) is 2.82. The van der Waals surface area contributed by atoms with Crippen molar-refractivity contribution < 1.29 is 4.74 Å². The van der Waals surface area contributed by atoms with E-state index in [0.29, 0.717) is 5.88 Å². The first-order chi connectivity index (χ1) is 4.85. The maximum absolute atomic E-state index is 5.62. The lowest BCUT2D eigenvalue weighted by atomic mass is 10.3. The van der Waals surface area contributed by atoms with Crippen molar-refractivity contribution in [2.45, 2.75) is 39.2 Å². The van der Waals surface area contributed by atoms with Gasteiger partial charge in [0.1, 0.15) is 0 Å². The SMILES string of the molecule is CCCCOC(CC)CCl. The van der Waals surface area contributed by atoms with Gasteiger partial charge < -0.3 is 4.74 Å². The molecule has 0 bridgehead atoms. The van der Waals surface area contributed by atoms with Gasteiger partial charge in [-0.1, -0.05) is 20.3 Å². The molecule has 0 aliphatic carbocycles. The molecule has 1 nitrogen and oxygen atoms in total. The van der Waals surface area contributed by atoms with E-state index in [0.717, 1.165) is 19.4 Å². The van der Waals surface area contributed by atoms with Crippen LogP contribution >= 0.6 is 11.6 Å². The van der Waals surface area contributed by atoms with E-state index >= 15 is 0 Å². The lowest BCUT2D eigenvalue weighted by molar-refractivity contribution is 0.0639. The topological polar surface area (TPSA) is 9.23 Å². The third-order valence-corrected chi connectivity index (χ3v) is 1.82. The molecular formula is C8H17ClO. The Kier molecular flexibility index (Phi) is 7.54. The Labute approximate surface area is 68.7 Å². The van der Waals surface area contributed by atoms with Gasteiger partial charge in [-0.15, -0.1) is 11.6 Å². The highest BCUT2D eigenvalue weighted by Crippen LogP contribution is 2.01. The van der Waals surface area contributed by atoms with Gasteiger partial charge in [0.2, 0.25) is 0 Å². The fraction of sp³-hybridized carbons (Fsp3) is 1.00. The van der Waals surface area contributed by atoms with Crippen molar-refractivity contribution in [2.24, 2.45) is 0 Å². The Hall–Kier alpha value is 0.250. The zero-order valence-electron chi connectivity index (χ0n) is 6.90. The van der Waals surface area contributed by atoms with Gasteiger partial charge in [-0.25, -0.2) is 0 Å². The van der Waals surface area contributed by atoms with E-state index in [9.17, 15) is 0 Å². The number of halogens is 1. The largest absolute Gasteiger partial charge is 0.377 e. The first kappa shape index (κ1) is 10.2. The van der Waals surface area contributed by atoms with Crippen molar-refractivity contribution in [1.29, 1.82) is 0 Å². The number of hydrogen-bond acceptors (Lipinski definition) is 1. The highest BCUT2D eigenvalue weighted by molar-refractivity contribution is 6.18. The molecule has 0 aromatic rings. The quantitative estimate of drug-likeness (QED) is 0.434. The predicted molar refractivity (Wildman–Crippen MR) is 45.7 cm³/mol. The van der Waals surface area contributed by atoms with E-state index in [2.05, 4.69) is 13.8 Å². The summed E-state index contributed by atoms with van der Waals surface area (Å²) in [5, 5.41) is 0. The van der Waals surface area contributed by atoms with Crippen molar-refractivity contribution in [3.8, 4) is 0 Å². The zero-order chi connectivity index (χ0) is 7.82. The summed E-state index contributed by atoms with van der Waals surface area (Å²) in [7, 11) is 0. The van der Waals surface area contributed by atoms with Crippen LogP contribution in [-0.2, 0) is 4.74 Å². The molecule has 0 fully saturated rings. The Morgan fingerprint density at radius 2 is 2.10 bits per heavy atom. The monoisotopic (exact) mass is 164 g/mol. The standard InChI is InChI=1S/C8H17ClO/c1-3-5-6-10-8(4-2)7-9/h8H,3-7H2,1-2H3. The molecule has 0 rings (SSSR count). The third-order valence-electron chi connectivity index (χ3n) is 1.48. The van der Waals surface area contributed by atoms with Gasteiger partial charge >= 0.3 is 0 Å². The maximum Gasteiger partial charge on any atom is 0.0707 e. The number of ether oxygens (including phenoxy) is 1. The van der Waals surface area contributed by atoms with Gasteiger partial charge in [0.15, 0.2) is 0 Å². The number of alkyl halides is 1. The fourth-order valence-corrected chi connectivity index (χ4v) is 0.973. The smallest absolute Gasteiger partial charge is 0.0707 e. The van der Waals surface area contributed by atoms with Crippen LogP contribution in [0.15, 0.2) is 0 Å². The summed E-state index contributed by atoms with van der Waals surface area (Å²) < 4.78 is 5.45. The van der Waals surface area contributed by atoms with Crippen LogP contribution in [0.2, 0.25) is 0 Å². The molecule has 0 amide bonds. The summed E-state index contributed by atoms with van der Waals surface area (Å²) in [6.45, 7) is 5.12.